The summed E-state index contributed by atoms with van der Waals surface area (Å²) < 4.78 is 2.19. The molecule has 0 heterocycles. The molecule has 0 rings (SSSR count). The number of nitrogens with zero attached hydrogens (tertiary/aromatic N) is 2. The van der Waals surface area contributed by atoms with Gasteiger partial charge in [-0.25, -0.2) is 0 Å². The third-order valence-corrected chi connectivity index (χ3v) is 2.55. The van der Waals surface area contributed by atoms with Crippen molar-refractivity contribution in [3.05, 3.63) is 12.7 Å². The van der Waals surface area contributed by atoms with Gasteiger partial charge in [-0.3, -0.25) is 0 Å². The summed E-state index contributed by atoms with van der Waals surface area (Å²) in [4.78, 5) is 0. The van der Waals surface area contributed by atoms with Gasteiger partial charge in [-0.1, -0.05) is 6.08 Å². The van der Waals surface area contributed by atoms with E-state index in [0.717, 1.165) is 15.4 Å². The van der Waals surface area contributed by atoms with Crippen LogP contribution >= 0.6 is 0 Å². The number of hydrogen-bond donors (Lipinski definition) is 0. The van der Waals surface area contributed by atoms with E-state index >= 15 is 0 Å². The van der Waals surface area contributed by atoms with Gasteiger partial charge in [-0.05, 0) is 12.8 Å². The highest BCUT2D eigenvalue weighted by atomic mass is 127. The van der Waals surface area contributed by atoms with Crippen molar-refractivity contribution in [3.8, 4) is 0 Å². The Morgan fingerprint density at radius 3 is 1.81 bits per heavy atom. The van der Waals surface area contributed by atoms with E-state index in [4.69, 9.17) is 0 Å². The molecule has 0 spiro atoms. The third kappa shape index (κ3) is 14.9. The number of rotatable bonds is 7. The van der Waals surface area contributed by atoms with Crippen LogP contribution in [0, 0.1) is 0 Å². The first-order valence-corrected chi connectivity index (χ1v) is 5.50. The third-order valence-electron chi connectivity index (χ3n) is 2.55. The highest BCUT2D eigenvalue weighted by Crippen LogP contribution is 2.03. The van der Waals surface area contributed by atoms with Gasteiger partial charge in [0.05, 0.1) is 41.8 Å². The Bertz CT molecular complexity index is 176. The SMILES string of the molecule is C=CCCC[N+](C)(C)CC[N+](C)(C)C.[Br-].[I-]. The first-order valence-electron chi connectivity index (χ1n) is 5.50. The van der Waals surface area contributed by atoms with Crippen molar-refractivity contribution >= 4 is 0 Å². The van der Waals surface area contributed by atoms with Crippen molar-refractivity contribution in [1.82, 2.24) is 0 Å². The molecule has 0 aliphatic carbocycles. The molecule has 0 saturated heterocycles. The molecule has 0 aromatic rings. The zero-order valence-corrected chi connectivity index (χ0v) is 15.2. The summed E-state index contributed by atoms with van der Waals surface area (Å²) in [7, 11) is 11.4. The lowest BCUT2D eigenvalue weighted by molar-refractivity contribution is -0.937. The monoisotopic (exact) mass is 406 g/mol. The molecule has 100 valence electrons. The lowest BCUT2D eigenvalue weighted by Crippen LogP contribution is -3.00. The zero-order chi connectivity index (χ0) is 11.2. The van der Waals surface area contributed by atoms with Crippen molar-refractivity contribution in [2.45, 2.75) is 12.8 Å². The predicted molar refractivity (Wildman–Crippen MR) is 64.2 cm³/mol. The highest BCUT2D eigenvalue weighted by molar-refractivity contribution is 4.65. The summed E-state index contributed by atoms with van der Waals surface area (Å²) in [6, 6.07) is 0. The number of likely N-dealkylation sites (N-methyl/N-ethyl adjacent to an activating group) is 2. The van der Waals surface area contributed by atoms with Crippen molar-refractivity contribution in [3.63, 3.8) is 0 Å². The lowest BCUT2D eigenvalue weighted by Gasteiger charge is -2.33. The van der Waals surface area contributed by atoms with Crippen molar-refractivity contribution in [2.24, 2.45) is 0 Å². The van der Waals surface area contributed by atoms with Gasteiger partial charge >= 0.3 is 0 Å². The van der Waals surface area contributed by atoms with Gasteiger partial charge in [0.1, 0.15) is 13.1 Å². The highest BCUT2D eigenvalue weighted by Gasteiger charge is 2.18. The largest absolute Gasteiger partial charge is 1.00 e. The van der Waals surface area contributed by atoms with Crippen LogP contribution in [0.3, 0.4) is 0 Å². The van der Waals surface area contributed by atoms with Gasteiger partial charge in [0, 0.05) is 0 Å². The molecular weight excluding hydrogens is 379 g/mol. The fourth-order valence-corrected chi connectivity index (χ4v) is 1.35. The molecular formula is C12H28BrIN2. The lowest BCUT2D eigenvalue weighted by atomic mass is 10.2. The topological polar surface area (TPSA) is 0 Å². The number of hydrogen-bond acceptors (Lipinski definition) is 0. The van der Waals surface area contributed by atoms with Crippen molar-refractivity contribution in [2.75, 3.05) is 54.9 Å². The van der Waals surface area contributed by atoms with Crippen LogP contribution in [0.1, 0.15) is 12.8 Å². The van der Waals surface area contributed by atoms with E-state index in [0.29, 0.717) is 0 Å². The summed E-state index contributed by atoms with van der Waals surface area (Å²) in [5, 5.41) is 0. The molecule has 0 aromatic carbocycles. The molecule has 0 amide bonds. The summed E-state index contributed by atoms with van der Waals surface area (Å²) in [5.41, 5.74) is 0. The molecule has 0 aromatic heterocycles. The fraction of sp³-hybridized carbons (Fsp3) is 0.833. The van der Waals surface area contributed by atoms with E-state index in [9.17, 15) is 0 Å². The smallest absolute Gasteiger partial charge is 0.128 e. The van der Waals surface area contributed by atoms with E-state index in [1.54, 1.807) is 0 Å². The molecule has 0 N–H and O–H groups in total. The van der Waals surface area contributed by atoms with Crippen LogP contribution in [0.25, 0.3) is 0 Å². The minimum Gasteiger partial charge on any atom is -1.00 e. The molecule has 0 saturated carbocycles. The second-order valence-corrected chi connectivity index (χ2v) is 5.83. The van der Waals surface area contributed by atoms with Crippen molar-refractivity contribution in [1.29, 1.82) is 0 Å². The Labute approximate surface area is 130 Å². The number of halogens is 2. The molecule has 0 unspecified atom stereocenters. The maximum atomic E-state index is 3.76. The molecule has 0 aliphatic heterocycles. The van der Waals surface area contributed by atoms with Crippen molar-refractivity contribution < 1.29 is 49.9 Å². The van der Waals surface area contributed by atoms with Gasteiger partial charge in [0.25, 0.3) is 0 Å². The van der Waals surface area contributed by atoms with E-state index in [-0.39, 0.29) is 41.0 Å². The maximum absolute atomic E-state index is 3.76. The standard InChI is InChI=1S/C12H28N2.BrH.HI/c1-7-8-9-10-14(5,6)12-11-13(2,3)4;;/h7H,1,8-12H2,2-6H3;2*1H/q+2;;/p-2. The Morgan fingerprint density at radius 2 is 1.44 bits per heavy atom. The average Bonchev–Trinajstić information content (AvgIpc) is 2.00. The van der Waals surface area contributed by atoms with Gasteiger partial charge in [0.15, 0.2) is 0 Å². The second-order valence-electron chi connectivity index (χ2n) is 5.83. The van der Waals surface area contributed by atoms with Crippen LogP contribution in [0.5, 0.6) is 0 Å². The van der Waals surface area contributed by atoms with Crippen LogP contribution in [-0.4, -0.2) is 63.8 Å². The fourth-order valence-electron chi connectivity index (χ4n) is 1.35. The summed E-state index contributed by atoms with van der Waals surface area (Å²) in [6.45, 7) is 7.50. The predicted octanol–water partition coefficient (Wildman–Crippen LogP) is -4.26. The molecule has 0 bridgehead atoms. The van der Waals surface area contributed by atoms with Crippen LogP contribution in [0.15, 0.2) is 12.7 Å². The van der Waals surface area contributed by atoms with Crippen LogP contribution in [0.4, 0.5) is 0 Å². The number of unbranched alkanes of at least 4 members (excludes halogenated alkanes) is 1. The minimum absolute atomic E-state index is 0. The summed E-state index contributed by atoms with van der Waals surface area (Å²) in [6.07, 6.45) is 4.42. The average molecular weight is 407 g/mol. The number of quaternary nitrogens is 2. The molecule has 0 radical (unpaired) electrons. The maximum Gasteiger partial charge on any atom is 0.128 e. The van der Waals surface area contributed by atoms with Gasteiger partial charge in [-0.2, -0.15) is 0 Å². The van der Waals surface area contributed by atoms with E-state index < -0.39 is 0 Å². The molecule has 0 atom stereocenters. The summed E-state index contributed by atoms with van der Waals surface area (Å²) in [5.74, 6) is 0. The van der Waals surface area contributed by atoms with E-state index in [1.165, 1.54) is 26.1 Å². The quantitative estimate of drug-likeness (QED) is 0.174. The van der Waals surface area contributed by atoms with E-state index in [1.807, 2.05) is 6.08 Å². The number of allylic oxidation sites excluding steroid dienone is 1. The normalized spacial score (nSPS) is 11.3. The van der Waals surface area contributed by atoms with Crippen LogP contribution in [-0.2, 0) is 0 Å². The summed E-state index contributed by atoms with van der Waals surface area (Å²) >= 11 is 0. The van der Waals surface area contributed by atoms with Gasteiger partial charge in [-0.15, -0.1) is 6.58 Å². The molecule has 0 aliphatic rings. The Balaban J connectivity index is -0.000000845. The molecule has 0 fully saturated rings. The zero-order valence-electron chi connectivity index (χ0n) is 11.5. The second kappa shape index (κ2) is 9.85. The molecule has 16 heavy (non-hydrogen) atoms. The minimum atomic E-state index is 0. The molecule has 4 heteroatoms. The Kier molecular flexibility index (Phi) is 13.6. The Morgan fingerprint density at radius 1 is 0.938 bits per heavy atom. The first kappa shape index (κ1) is 22.1. The van der Waals surface area contributed by atoms with E-state index in [2.05, 4.69) is 41.8 Å². The molecule has 2 nitrogen and oxygen atoms in total. The van der Waals surface area contributed by atoms with Gasteiger partial charge < -0.3 is 49.9 Å². The Hall–Kier alpha value is 0.870. The van der Waals surface area contributed by atoms with Crippen LogP contribution in [0.2, 0.25) is 0 Å². The van der Waals surface area contributed by atoms with Crippen LogP contribution < -0.4 is 41.0 Å². The van der Waals surface area contributed by atoms with Gasteiger partial charge in [0.2, 0.25) is 0 Å². The first-order chi connectivity index (χ1) is 6.27.